The summed E-state index contributed by atoms with van der Waals surface area (Å²) in [7, 11) is 0. The Morgan fingerprint density at radius 1 is 0.188 bits per heavy atom. The number of hydrogen-bond donors (Lipinski definition) is 0. The van der Waals surface area contributed by atoms with E-state index in [9.17, 15) is 0 Å². The summed E-state index contributed by atoms with van der Waals surface area (Å²) in [6, 6.07) is 70.8. The molecule has 0 unspecified atom stereocenters. The summed E-state index contributed by atoms with van der Waals surface area (Å²) in [4.78, 5) is 0. The van der Waals surface area contributed by atoms with Gasteiger partial charge in [0.15, 0.2) is 0 Å². The van der Waals surface area contributed by atoms with E-state index >= 15 is 0 Å². The lowest BCUT2D eigenvalue weighted by Crippen LogP contribution is -1.92. The minimum atomic E-state index is 1.21. The van der Waals surface area contributed by atoms with Crippen molar-refractivity contribution in [2.75, 3.05) is 0 Å². The summed E-state index contributed by atoms with van der Waals surface area (Å²) >= 11 is 0. The van der Waals surface area contributed by atoms with E-state index in [1.54, 1.807) is 0 Å². The fraction of sp³-hybridized carbons (Fsp3) is 0. The fourth-order valence-corrected chi connectivity index (χ4v) is 7.33. The van der Waals surface area contributed by atoms with Gasteiger partial charge in [-0.3, -0.25) is 0 Å². The lowest BCUT2D eigenvalue weighted by Gasteiger charge is -2.19. The molecule has 0 atom stereocenters. The highest BCUT2D eigenvalue weighted by Gasteiger charge is 2.19. The first-order valence-corrected chi connectivity index (χ1v) is 16.6. The van der Waals surface area contributed by atoms with Crippen LogP contribution in [0.5, 0.6) is 0 Å². The van der Waals surface area contributed by atoms with Gasteiger partial charge in [0.1, 0.15) is 0 Å². The van der Waals surface area contributed by atoms with E-state index < -0.39 is 0 Å². The topological polar surface area (TPSA) is 0 Å². The maximum atomic E-state index is 2.41. The molecule has 0 saturated carbocycles. The van der Waals surface area contributed by atoms with Crippen LogP contribution in [0.25, 0.3) is 88.0 Å². The minimum absolute atomic E-state index is 1.21. The van der Waals surface area contributed by atoms with Gasteiger partial charge in [0.05, 0.1) is 0 Å². The first-order valence-electron chi connectivity index (χ1n) is 16.6. The van der Waals surface area contributed by atoms with E-state index in [0.29, 0.717) is 0 Å². The number of fused-ring (bicyclic) bond motifs is 6. The predicted molar refractivity (Wildman–Crippen MR) is 206 cm³/mol. The lowest BCUT2D eigenvalue weighted by atomic mass is 9.84. The van der Waals surface area contributed by atoms with Crippen LogP contribution in [0.3, 0.4) is 0 Å². The molecule has 0 bridgehead atoms. The zero-order valence-electron chi connectivity index (χ0n) is 26.5. The van der Waals surface area contributed by atoms with Gasteiger partial charge in [-0.05, 0) is 100 Å². The quantitative estimate of drug-likeness (QED) is 0.171. The molecular weight excluding hydrogens is 577 g/mol. The third-order valence-corrected chi connectivity index (χ3v) is 9.68. The average Bonchev–Trinajstić information content (AvgIpc) is 3.18. The number of benzene rings is 9. The molecule has 9 aromatic carbocycles. The van der Waals surface area contributed by atoms with Crippen molar-refractivity contribution in [3.8, 4) is 55.6 Å². The van der Waals surface area contributed by atoms with Crippen LogP contribution in [0.4, 0.5) is 0 Å². The fourth-order valence-electron chi connectivity index (χ4n) is 7.33. The molecule has 0 N–H and O–H groups in total. The number of rotatable bonds is 5. The molecule has 224 valence electrons. The van der Waals surface area contributed by atoms with Crippen LogP contribution < -0.4 is 0 Å². The zero-order chi connectivity index (χ0) is 31.9. The van der Waals surface area contributed by atoms with E-state index in [4.69, 9.17) is 0 Å². The van der Waals surface area contributed by atoms with Gasteiger partial charge in [-0.1, -0.05) is 182 Å². The Hall–Kier alpha value is -6.24. The van der Waals surface area contributed by atoms with Crippen molar-refractivity contribution in [1.29, 1.82) is 0 Å². The molecule has 0 aromatic heterocycles. The Morgan fingerprint density at radius 3 is 0.896 bits per heavy atom. The molecule has 0 nitrogen and oxygen atoms in total. The maximum absolute atomic E-state index is 2.41. The van der Waals surface area contributed by atoms with Crippen molar-refractivity contribution in [2.45, 2.75) is 0 Å². The predicted octanol–water partition coefficient (Wildman–Crippen LogP) is 13.5. The third-order valence-electron chi connectivity index (χ3n) is 9.68. The Morgan fingerprint density at radius 2 is 0.479 bits per heavy atom. The van der Waals surface area contributed by atoms with E-state index in [2.05, 4.69) is 194 Å². The molecule has 0 spiro atoms. The third kappa shape index (κ3) is 4.87. The van der Waals surface area contributed by atoms with E-state index in [-0.39, 0.29) is 0 Å². The molecule has 0 radical (unpaired) electrons. The van der Waals surface area contributed by atoms with Crippen molar-refractivity contribution in [2.24, 2.45) is 0 Å². The first-order chi connectivity index (χ1) is 23.8. The second-order valence-corrected chi connectivity index (χ2v) is 12.5. The Balaban J connectivity index is 1.42. The van der Waals surface area contributed by atoms with Crippen LogP contribution in [0.15, 0.2) is 194 Å². The molecule has 9 aromatic rings. The van der Waals surface area contributed by atoms with Gasteiger partial charge < -0.3 is 0 Å². The van der Waals surface area contributed by atoms with Gasteiger partial charge in [-0.15, -0.1) is 0 Å². The lowest BCUT2D eigenvalue weighted by molar-refractivity contribution is 1.60. The summed E-state index contributed by atoms with van der Waals surface area (Å²) in [6.45, 7) is 0. The van der Waals surface area contributed by atoms with Gasteiger partial charge in [0, 0.05) is 0 Å². The smallest absolute Gasteiger partial charge is 0.00139 e. The molecule has 0 aliphatic heterocycles. The molecule has 0 aliphatic rings. The summed E-state index contributed by atoms with van der Waals surface area (Å²) in [5, 5.41) is 7.65. The van der Waals surface area contributed by atoms with Gasteiger partial charge >= 0.3 is 0 Å². The average molecular weight is 609 g/mol. The van der Waals surface area contributed by atoms with Gasteiger partial charge in [-0.25, -0.2) is 0 Å². The largest absolute Gasteiger partial charge is 0.0622 e. The SMILES string of the molecule is c1ccc(-c2ccc(-c3ccc(-c4ccccc4)c4c5cc(-c6ccccc6)ccc5c5ccc(-c6ccccc6)cc5c34)cc2)cc1. The summed E-state index contributed by atoms with van der Waals surface area (Å²) < 4.78 is 0. The Bertz CT molecular complexity index is 2550. The normalized spacial score (nSPS) is 11.3. The minimum Gasteiger partial charge on any atom is -0.0622 e. The van der Waals surface area contributed by atoms with Crippen LogP contribution in [-0.4, -0.2) is 0 Å². The molecule has 0 aliphatic carbocycles. The first kappa shape index (κ1) is 28.0. The van der Waals surface area contributed by atoms with Gasteiger partial charge in [0.2, 0.25) is 0 Å². The second kappa shape index (κ2) is 11.8. The molecule has 0 heterocycles. The summed E-state index contributed by atoms with van der Waals surface area (Å²) in [5.74, 6) is 0. The van der Waals surface area contributed by atoms with Crippen molar-refractivity contribution in [1.82, 2.24) is 0 Å². The zero-order valence-corrected chi connectivity index (χ0v) is 26.5. The van der Waals surface area contributed by atoms with E-state index in [0.717, 1.165) is 0 Å². The molecule has 0 heteroatoms. The second-order valence-electron chi connectivity index (χ2n) is 12.5. The van der Waals surface area contributed by atoms with Crippen molar-refractivity contribution >= 4 is 32.3 Å². The maximum Gasteiger partial charge on any atom is -0.00139 e. The van der Waals surface area contributed by atoms with Crippen molar-refractivity contribution in [3.63, 3.8) is 0 Å². The van der Waals surface area contributed by atoms with Crippen LogP contribution in [-0.2, 0) is 0 Å². The van der Waals surface area contributed by atoms with Gasteiger partial charge in [-0.2, -0.15) is 0 Å². The van der Waals surface area contributed by atoms with Crippen LogP contribution >= 0.6 is 0 Å². The molecule has 48 heavy (non-hydrogen) atoms. The Labute approximate surface area is 281 Å². The van der Waals surface area contributed by atoms with Crippen molar-refractivity contribution < 1.29 is 0 Å². The van der Waals surface area contributed by atoms with E-state index in [1.165, 1.54) is 88.0 Å². The van der Waals surface area contributed by atoms with Crippen LogP contribution in [0.1, 0.15) is 0 Å². The van der Waals surface area contributed by atoms with Crippen molar-refractivity contribution in [3.05, 3.63) is 194 Å². The molecular formula is C48H32. The van der Waals surface area contributed by atoms with E-state index in [1.807, 2.05) is 0 Å². The highest BCUT2D eigenvalue weighted by molar-refractivity contribution is 6.32. The molecule has 0 saturated heterocycles. The summed E-state index contributed by atoms with van der Waals surface area (Å²) in [5.41, 5.74) is 12.3. The Kier molecular flexibility index (Phi) is 6.91. The highest BCUT2D eigenvalue weighted by Crippen LogP contribution is 2.46. The highest BCUT2D eigenvalue weighted by atomic mass is 14.2. The number of hydrogen-bond acceptors (Lipinski definition) is 0. The standard InChI is InChI=1S/C48H32/c1-5-13-33(14-6-1)36-21-23-38(24-22-36)42-30-29-41(37-19-11-4-12-20-37)47-45-31-39(34-15-7-2-8-16-34)25-27-43(45)44-28-26-40(32-46(44)48(42)47)35-17-9-3-10-18-35/h1-32H. The molecule has 9 rings (SSSR count). The van der Waals surface area contributed by atoms with Crippen LogP contribution in [0, 0.1) is 0 Å². The molecule has 0 amide bonds. The summed E-state index contributed by atoms with van der Waals surface area (Å²) in [6.07, 6.45) is 0. The van der Waals surface area contributed by atoms with Crippen LogP contribution in [0.2, 0.25) is 0 Å². The van der Waals surface area contributed by atoms with Gasteiger partial charge in [0.25, 0.3) is 0 Å². The molecule has 0 fully saturated rings. The monoisotopic (exact) mass is 608 g/mol.